The van der Waals surface area contributed by atoms with Gasteiger partial charge in [-0.15, -0.1) is 11.3 Å². The van der Waals surface area contributed by atoms with Gasteiger partial charge in [0.25, 0.3) is 11.8 Å². The molecule has 0 saturated heterocycles. The molecular formula is C23H23N3O5S. The molecule has 32 heavy (non-hydrogen) atoms. The predicted molar refractivity (Wildman–Crippen MR) is 121 cm³/mol. The summed E-state index contributed by atoms with van der Waals surface area (Å²) in [7, 11) is 3.30. The van der Waals surface area contributed by atoms with Crippen LogP contribution in [0.5, 0.6) is 17.2 Å². The third-order valence-corrected chi connectivity index (χ3v) is 5.97. The number of aromatic nitrogens is 1. The Bertz CT molecular complexity index is 1160. The van der Waals surface area contributed by atoms with Crippen LogP contribution in [0.3, 0.4) is 0 Å². The Kier molecular flexibility index (Phi) is 6.27. The highest BCUT2D eigenvalue weighted by atomic mass is 32.1. The van der Waals surface area contributed by atoms with E-state index in [1.807, 2.05) is 25.1 Å². The molecule has 2 aromatic carbocycles. The van der Waals surface area contributed by atoms with E-state index in [1.54, 1.807) is 38.4 Å². The van der Waals surface area contributed by atoms with Crippen molar-refractivity contribution in [3.63, 3.8) is 0 Å². The quantitative estimate of drug-likeness (QED) is 0.589. The normalized spacial score (nSPS) is 11.8. The van der Waals surface area contributed by atoms with Gasteiger partial charge in [0.15, 0.2) is 23.2 Å². The highest BCUT2D eigenvalue weighted by molar-refractivity contribution is 7.15. The number of aryl methyl sites for hydroxylation is 1. The average Bonchev–Trinajstić information content (AvgIpc) is 3.37. The van der Waals surface area contributed by atoms with Crippen LogP contribution in [0.15, 0.2) is 42.5 Å². The summed E-state index contributed by atoms with van der Waals surface area (Å²) in [4.78, 5) is 31.7. The summed E-state index contributed by atoms with van der Waals surface area (Å²) in [5, 5.41) is 3.35. The topological polar surface area (TPSA) is 90.0 Å². The Morgan fingerprint density at radius 3 is 2.75 bits per heavy atom. The van der Waals surface area contributed by atoms with Crippen molar-refractivity contribution in [2.24, 2.45) is 0 Å². The molecule has 2 amide bonds. The van der Waals surface area contributed by atoms with Crippen LogP contribution in [0.4, 0.5) is 5.13 Å². The Hall–Kier alpha value is -3.59. The van der Waals surface area contributed by atoms with E-state index in [0.717, 1.165) is 27.6 Å². The Labute approximate surface area is 189 Å². The highest BCUT2D eigenvalue weighted by Crippen LogP contribution is 2.34. The number of fused-ring (bicyclic) bond motifs is 1. The number of likely N-dealkylation sites (N-methyl/N-ethyl adjacent to an activating group) is 1. The molecule has 0 aliphatic carbocycles. The largest absolute Gasteiger partial charge is 0.483 e. The van der Waals surface area contributed by atoms with Gasteiger partial charge in [0.1, 0.15) is 5.75 Å². The van der Waals surface area contributed by atoms with Gasteiger partial charge in [0, 0.05) is 25.4 Å². The second kappa shape index (κ2) is 9.27. The number of carbonyl (C=O) groups is 2. The molecule has 166 valence electrons. The Morgan fingerprint density at radius 2 is 1.94 bits per heavy atom. The zero-order valence-electron chi connectivity index (χ0n) is 18.0. The lowest BCUT2D eigenvalue weighted by molar-refractivity contribution is -0.130. The van der Waals surface area contributed by atoms with Crippen LogP contribution in [-0.2, 0) is 11.2 Å². The van der Waals surface area contributed by atoms with Gasteiger partial charge in [-0.2, -0.15) is 0 Å². The van der Waals surface area contributed by atoms with Gasteiger partial charge in [-0.25, -0.2) is 4.98 Å². The van der Waals surface area contributed by atoms with Crippen molar-refractivity contribution in [1.82, 2.24) is 9.88 Å². The molecule has 0 unspecified atom stereocenters. The first-order valence-electron chi connectivity index (χ1n) is 9.99. The maximum absolute atomic E-state index is 12.9. The predicted octanol–water partition coefficient (Wildman–Crippen LogP) is 3.49. The maximum Gasteiger partial charge on any atom is 0.261 e. The van der Waals surface area contributed by atoms with E-state index < -0.39 is 0 Å². The monoisotopic (exact) mass is 453 g/mol. The Morgan fingerprint density at radius 1 is 1.16 bits per heavy atom. The SMILES string of the molecule is Cc1nc(NC(=O)c2ccccc2OCC(=O)N(C)C)sc1Cc1ccc2c(c1)OCO2. The molecule has 2 heterocycles. The van der Waals surface area contributed by atoms with Gasteiger partial charge in [-0.3, -0.25) is 14.9 Å². The molecule has 4 rings (SSSR count). The first-order valence-corrected chi connectivity index (χ1v) is 10.8. The number of hydrogen-bond acceptors (Lipinski definition) is 7. The number of ether oxygens (including phenoxy) is 3. The van der Waals surface area contributed by atoms with Crippen molar-refractivity contribution in [3.8, 4) is 17.2 Å². The molecule has 1 N–H and O–H groups in total. The molecule has 0 atom stereocenters. The number of carbonyl (C=O) groups excluding carboxylic acids is 2. The fourth-order valence-electron chi connectivity index (χ4n) is 3.09. The molecule has 8 nitrogen and oxygen atoms in total. The zero-order valence-corrected chi connectivity index (χ0v) is 18.8. The molecule has 1 aliphatic rings. The number of rotatable bonds is 7. The van der Waals surface area contributed by atoms with Crippen LogP contribution in [0.2, 0.25) is 0 Å². The number of hydrogen-bond donors (Lipinski definition) is 1. The van der Waals surface area contributed by atoms with Crippen LogP contribution in [0.25, 0.3) is 0 Å². The number of thiazole rings is 1. The maximum atomic E-state index is 12.9. The number of nitrogens with zero attached hydrogens (tertiary/aromatic N) is 2. The first kappa shape index (κ1) is 21.6. The van der Waals surface area contributed by atoms with Crippen LogP contribution in [-0.4, -0.2) is 49.2 Å². The third kappa shape index (κ3) is 4.83. The van der Waals surface area contributed by atoms with Crippen molar-refractivity contribution < 1.29 is 23.8 Å². The van der Waals surface area contributed by atoms with E-state index in [0.29, 0.717) is 22.9 Å². The smallest absolute Gasteiger partial charge is 0.261 e. The highest BCUT2D eigenvalue weighted by Gasteiger charge is 2.18. The summed E-state index contributed by atoms with van der Waals surface area (Å²) in [6, 6.07) is 12.7. The van der Waals surface area contributed by atoms with E-state index >= 15 is 0 Å². The summed E-state index contributed by atoms with van der Waals surface area (Å²) >= 11 is 1.42. The average molecular weight is 454 g/mol. The van der Waals surface area contributed by atoms with Crippen LogP contribution in [0.1, 0.15) is 26.5 Å². The van der Waals surface area contributed by atoms with Gasteiger partial charge >= 0.3 is 0 Å². The summed E-state index contributed by atoms with van der Waals surface area (Å²) < 4.78 is 16.4. The first-order chi connectivity index (χ1) is 15.4. The van der Waals surface area contributed by atoms with Gasteiger partial charge < -0.3 is 19.1 Å². The van der Waals surface area contributed by atoms with E-state index in [2.05, 4.69) is 10.3 Å². The zero-order chi connectivity index (χ0) is 22.7. The summed E-state index contributed by atoms with van der Waals surface area (Å²) in [5.74, 6) is 1.29. The van der Waals surface area contributed by atoms with E-state index in [9.17, 15) is 9.59 Å². The van der Waals surface area contributed by atoms with Crippen LogP contribution >= 0.6 is 11.3 Å². The second-order valence-corrected chi connectivity index (χ2v) is 8.50. The lowest BCUT2D eigenvalue weighted by atomic mass is 10.1. The fraction of sp³-hybridized carbons (Fsp3) is 0.261. The number of anilines is 1. The molecule has 1 aromatic heterocycles. The van der Waals surface area contributed by atoms with Crippen molar-refractivity contribution in [2.45, 2.75) is 13.3 Å². The van der Waals surface area contributed by atoms with E-state index in [4.69, 9.17) is 14.2 Å². The van der Waals surface area contributed by atoms with Gasteiger partial charge in [-0.1, -0.05) is 18.2 Å². The third-order valence-electron chi connectivity index (χ3n) is 4.90. The summed E-state index contributed by atoms with van der Waals surface area (Å²) in [6.45, 7) is 2.01. The lowest BCUT2D eigenvalue weighted by Gasteiger charge is -2.13. The molecule has 0 bridgehead atoms. The minimum absolute atomic E-state index is 0.146. The van der Waals surface area contributed by atoms with Crippen molar-refractivity contribution in [1.29, 1.82) is 0 Å². The molecule has 3 aromatic rings. The molecule has 0 radical (unpaired) electrons. The molecule has 0 spiro atoms. The number of para-hydroxylation sites is 1. The van der Waals surface area contributed by atoms with Crippen LogP contribution < -0.4 is 19.5 Å². The Balaban J connectivity index is 1.45. The summed E-state index contributed by atoms with van der Waals surface area (Å²) in [5.41, 5.74) is 2.26. The minimum atomic E-state index is -0.346. The van der Waals surface area contributed by atoms with Gasteiger partial charge in [0.05, 0.1) is 11.3 Å². The van der Waals surface area contributed by atoms with Crippen LogP contribution in [0, 0.1) is 6.92 Å². The lowest BCUT2D eigenvalue weighted by Crippen LogP contribution is -2.28. The van der Waals surface area contributed by atoms with Crippen molar-refractivity contribution in [3.05, 3.63) is 64.2 Å². The van der Waals surface area contributed by atoms with Gasteiger partial charge in [-0.05, 0) is 36.8 Å². The molecule has 9 heteroatoms. The van der Waals surface area contributed by atoms with E-state index in [-0.39, 0.29) is 25.2 Å². The minimum Gasteiger partial charge on any atom is -0.483 e. The second-order valence-electron chi connectivity index (χ2n) is 7.42. The van der Waals surface area contributed by atoms with Gasteiger partial charge in [0.2, 0.25) is 6.79 Å². The fourth-order valence-corrected chi connectivity index (χ4v) is 4.09. The van der Waals surface area contributed by atoms with Crippen molar-refractivity contribution in [2.75, 3.05) is 32.8 Å². The summed E-state index contributed by atoms with van der Waals surface area (Å²) in [6.07, 6.45) is 0.669. The molecular weight excluding hydrogens is 430 g/mol. The number of nitrogens with one attached hydrogen (secondary N) is 1. The van der Waals surface area contributed by atoms with E-state index in [1.165, 1.54) is 16.2 Å². The number of amides is 2. The molecule has 1 aliphatic heterocycles. The number of benzene rings is 2. The molecule has 0 fully saturated rings. The standard InChI is InChI=1S/C23H23N3O5S/c1-14-20(11-15-8-9-18-19(10-15)31-13-30-18)32-23(24-14)25-22(28)16-6-4-5-7-17(16)29-12-21(27)26(2)3/h4-10H,11-13H2,1-3H3,(H,24,25,28). The molecule has 0 saturated carbocycles. The van der Waals surface area contributed by atoms with Crippen molar-refractivity contribution >= 4 is 28.3 Å².